The number of methoxy groups -OCH3 is 1. The van der Waals surface area contributed by atoms with Gasteiger partial charge in [0, 0.05) is 13.7 Å². The predicted octanol–water partition coefficient (Wildman–Crippen LogP) is 8.08. The van der Waals surface area contributed by atoms with Crippen molar-refractivity contribution in [2.45, 2.75) is 12.8 Å². The monoisotopic (exact) mass is 560 g/mol. The van der Waals surface area contributed by atoms with Crippen LogP contribution in [-0.4, -0.2) is 16.9 Å². The van der Waals surface area contributed by atoms with E-state index in [1.165, 1.54) is 66.4 Å². The van der Waals surface area contributed by atoms with Gasteiger partial charge in [-0.15, -0.1) is 12.0 Å². The molecule has 0 saturated heterocycles. The van der Waals surface area contributed by atoms with Gasteiger partial charge in [0.25, 0.3) is 0 Å². The largest absolute Gasteiger partial charge is 0.179 e. The van der Waals surface area contributed by atoms with Crippen molar-refractivity contribution in [1.29, 1.82) is 0 Å². The van der Waals surface area contributed by atoms with Gasteiger partial charge in [0.2, 0.25) is 0 Å². The smallest absolute Gasteiger partial charge is 0.0253 e. The first-order valence-electron chi connectivity index (χ1n) is 11.8. The fourth-order valence-electron chi connectivity index (χ4n) is 4.08. The molecule has 2 heteroatoms. The zero-order valence-electron chi connectivity index (χ0n) is 22.0. The summed E-state index contributed by atoms with van der Waals surface area (Å²) in [5.74, 6) is 0. The molecular formula is C35H34OZr-4. The minimum absolute atomic E-state index is 0. The number of hydrogen-bond acceptors (Lipinski definition) is 1. The predicted molar refractivity (Wildman–Crippen MR) is 155 cm³/mol. The van der Waals surface area contributed by atoms with Crippen LogP contribution in [0.15, 0.2) is 121 Å². The van der Waals surface area contributed by atoms with Crippen molar-refractivity contribution in [1.82, 2.24) is 0 Å². The van der Waals surface area contributed by atoms with E-state index >= 15 is 0 Å². The zero-order chi connectivity index (χ0) is 24.3. The second kappa shape index (κ2) is 16.0. The van der Waals surface area contributed by atoms with Gasteiger partial charge in [-0.05, 0) is 6.42 Å². The van der Waals surface area contributed by atoms with Crippen LogP contribution in [0.25, 0.3) is 11.1 Å². The van der Waals surface area contributed by atoms with Gasteiger partial charge < -0.3 is 19.6 Å². The standard InChI is InChI=1S/C13H9.C13H10.C7H9O.2CH3.Zr/c1-3-7-12-10(5-1)9-11-6-2-4-8-13(11)12;1-3-7-12(8-4-1)11-13-9-5-2-6-10-13;1-8-6-7-4-2-3-5-7;;;/h1-5,7-8H,9H2;1-10H;4-5H,2,6H2,1H3;2*1H3;/q-1;;3*-1;. The van der Waals surface area contributed by atoms with Gasteiger partial charge in [-0.25, -0.2) is 6.08 Å². The zero-order valence-corrected chi connectivity index (χ0v) is 24.5. The molecule has 0 fully saturated rings. The summed E-state index contributed by atoms with van der Waals surface area (Å²) in [5.41, 5.74) is 9.41. The SMILES string of the molecule is COCC1=CC[C-]=C1.[CH3-].[CH3-].[Zr]=[C](c1ccccc1)c1ccccc1.[c-]1cccc2c1Cc1ccccc1-2. The van der Waals surface area contributed by atoms with Crippen molar-refractivity contribution < 1.29 is 29.0 Å². The van der Waals surface area contributed by atoms with E-state index in [4.69, 9.17) is 4.74 Å². The van der Waals surface area contributed by atoms with Crippen LogP contribution in [0.1, 0.15) is 28.7 Å². The Balaban J connectivity index is 0.000000197. The average molecular weight is 562 g/mol. The minimum atomic E-state index is 0. The Morgan fingerprint density at radius 1 is 0.784 bits per heavy atom. The van der Waals surface area contributed by atoms with Crippen LogP contribution < -0.4 is 0 Å². The van der Waals surface area contributed by atoms with Gasteiger partial charge in [-0.1, -0.05) is 35.4 Å². The first-order chi connectivity index (χ1) is 17.3. The summed E-state index contributed by atoms with van der Waals surface area (Å²) in [6.45, 7) is 0.729. The number of benzene rings is 4. The molecule has 2 aliphatic carbocycles. The summed E-state index contributed by atoms with van der Waals surface area (Å²) >= 11 is 1.46. The van der Waals surface area contributed by atoms with E-state index in [-0.39, 0.29) is 14.9 Å². The van der Waals surface area contributed by atoms with Crippen LogP contribution in [-0.2, 0) is 35.4 Å². The minimum Gasteiger partial charge on any atom is -0.179 e. The van der Waals surface area contributed by atoms with E-state index in [0.29, 0.717) is 0 Å². The van der Waals surface area contributed by atoms with Crippen molar-refractivity contribution in [3.8, 4) is 11.1 Å². The van der Waals surface area contributed by atoms with E-state index in [1.807, 2.05) is 12.1 Å². The second-order valence-electron chi connectivity index (χ2n) is 8.27. The Labute approximate surface area is 238 Å². The maximum Gasteiger partial charge on any atom is -0.0253 e. The summed E-state index contributed by atoms with van der Waals surface area (Å²) < 4.78 is 6.30. The topological polar surface area (TPSA) is 9.23 Å². The van der Waals surface area contributed by atoms with Crippen molar-refractivity contribution >= 4 is 3.21 Å². The van der Waals surface area contributed by atoms with Crippen LogP contribution in [0.2, 0.25) is 0 Å². The molecule has 1 nitrogen and oxygen atoms in total. The van der Waals surface area contributed by atoms with Crippen LogP contribution in [0.4, 0.5) is 0 Å². The number of hydrogen-bond donors (Lipinski definition) is 0. The third-order valence-electron chi connectivity index (χ3n) is 5.82. The third-order valence-corrected chi connectivity index (χ3v) is 7.24. The molecule has 4 aromatic carbocycles. The summed E-state index contributed by atoms with van der Waals surface area (Å²) in [6.07, 6.45) is 9.15. The Morgan fingerprint density at radius 2 is 1.38 bits per heavy atom. The molecular weight excluding hydrogens is 528 g/mol. The van der Waals surface area contributed by atoms with Crippen LogP contribution >= 0.6 is 0 Å². The molecule has 0 amide bonds. The van der Waals surface area contributed by atoms with Crippen molar-refractivity contribution in [2.24, 2.45) is 0 Å². The molecule has 0 N–H and O–H groups in total. The molecule has 0 unspecified atom stereocenters. The molecule has 0 radical (unpaired) electrons. The molecule has 0 spiro atoms. The quantitative estimate of drug-likeness (QED) is 0.202. The summed E-state index contributed by atoms with van der Waals surface area (Å²) in [4.78, 5) is 0. The van der Waals surface area contributed by atoms with Crippen molar-refractivity contribution in [3.63, 3.8) is 0 Å². The fraction of sp³-hybridized carbons (Fsp3) is 0.114. The normalized spacial score (nSPS) is 11.6. The number of rotatable bonds is 4. The van der Waals surface area contributed by atoms with Gasteiger partial charge in [0.1, 0.15) is 0 Å². The van der Waals surface area contributed by atoms with Gasteiger partial charge in [-0.2, -0.15) is 41.5 Å². The summed E-state index contributed by atoms with van der Waals surface area (Å²) in [7, 11) is 1.70. The van der Waals surface area contributed by atoms with E-state index in [2.05, 4.69) is 115 Å². The molecule has 0 bridgehead atoms. The molecule has 188 valence electrons. The Hall–Kier alpha value is -2.93. The average Bonchev–Trinajstić information content (AvgIpc) is 3.58. The third kappa shape index (κ3) is 8.56. The Morgan fingerprint density at radius 3 is 1.97 bits per heavy atom. The first kappa shape index (κ1) is 30.3. The molecule has 2 aliphatic rings. The van der Waals surface area contributed by atoms with Gasteiger partial charge in [-0.3, -0.25) is 6.08 Å². The van der Waals surface area contributed by atoms with E-state index in [0.717, 1.165) is 19.4 Å². The second-order valence-corrected chi connectivity index (χ2v) is 9.50. The van der Waals surface area contributed by atoms with Crippen molar-refractivity contribution in [3.05, 3.63) is 170 Å². The fourth-order valence-corrected chi connectivity index (χ4v) is 4.90. The van der Waals surface area contributed by atoms with E-state index < -0.39 is 0 Å². The van der Waals surface area contributed by atoms with Gasteiger partial charge in [0.05, 0.1) is 0 Å². The maximum absolute atomic E-state index is 4.89. The first-order valence-corrected chi connectivity index (χ1v) is 13.0. The molecule has 0 aromatic heterocycles. The molecule has 4 aromatic rings. The maximum atomic E-state index is 4.89. The Kier molecular flexibility index (Phi) is 13.1. The molecule has 0 heterocycles. The molecule has 0 aliphatic heterocycles. The number of ether oxygens (including phenoxy) is 1. The Bertz CT molecular complexity index is 1220. The van der Waals surface area contributed by atoms with E-state index in [1.54, 1.807) is 7.11 Å². The van der Waals surface area contributed by atoms with Gasteiger partial charge >= 0.3 is 99.2 Å². The number of allylic oxidation sites excluding steroid dienone is 2. The van der Waals surface area contributed by atoms with Crippen LogP contribution in [0.3, 0.4) is 0 Å². The van der Waals surface area contributed by atoms with Crippen LogP contribution in [0, 0.1) is 27.0 Å². The van der Waals surface area contributed by atoms with E-state index in [9.17, 15) is 0 Å². The summed E-state index contributed by atoms with van der Waals surface area (Å²) in [5, 5.41) is 0. The number of fused-ring (bicyclic) bond motifs is 3. The van der Waals surface area contributed by atoms with Gasteiger partial charge in [0.15, 0.2) is 0 Å². The van der Waals surface area contributed by atoms with Crippen LogP contribution in [0.5, 0.6) is 0 Å². The molecule has 37 heavy (non-hydrogen) atoms. The summed E-state index contributed by atoms with van der Waals surface area (Å²) in [6, 6.07) is 39.2. The molecule has 0 atom stereocenters. The van der Waals surface area contributed by atoms with Crippen molar-refractivity contribution in [2.75, 3.05) is 13.7 Å². The molecule has 0 saturated carbocycles. The molecule has 6 rings (SSSR count).